The highest BCUT2D eigenvalue weighted by Crippen LogP contribution is 2.39. The summed E-state index contributed by atoms with van der Waals surface area (Å²) < 4.78 is 5.76. The maximum absolute atomic E-state index is 11.6. The van der Waals surface area contributed by atoms with E-state index in [4.69, 9.17) is 33.7 Å². The Hall–Kier alpha value is -1.75. The van der Waals surface area contributed by atoms with Gasteiger partial charge in [-0.05, 0) is 36.8 Å². The number of halogens is 2. The Morgan fingerprint density at radius 3 is 2.67 bits per heavy atom. The maximum atomic E-state index is 11.6. The van der Waals surface area contributed by atoms with Gasteiger partial charge in [-0.3, -0.25) is 4.79 Å². The lowest BCUT2D eigenvalue weighted by Crippen LogP contribution is -2.19. The van der Waals surface area contributed by atoms with Gasteiger partial charge in [0.1, 0.15) is 17.5 Å². The number of carbonyl (C=O) groups excluding carboxylic acids is 1. The van der Waals surface area contributed by atoms with Crippen molar-refractivity contribution in [3.05, 3.63) is 51.5 Å². The molecule has 1 atom stereocenters. The van der Waals surface area contributed by atoms with Crippen LogP contribution in [0.4, 0.5) is 5.69 Å². The molecule has 1 amide bonds. The van der Waals surface area contributed by atoms with Crippen molar-refractivity contribution in [2.75, 3.05) is 5.32 Å². The van der Waals surface area contributed by atoms with Gasteiger partial charge in [0.05, 0.1) is 5.02 Å². The largest absolute Gasteiger partial charge is 0.456 e. The van der Waals surface area contributed by atoms with Gasteiger partial charge in [0.15, 0.2) is 0 Å². The second-order valence-electron chi connectivity index (χ2n) is 4.85. The highest BCUT2D eigenvalue weighted by molar-refractivity contribution is 6.32. The van der Waals surface area contributed by atoms with Crippen LogP contribution < -0.4 is 15.8 Å². The smallest absolute Gasteiger partial charge is 0.245 e. The van der Waals surface area contributed by atoms with Gasteiger partial charge in [-0.2, -0.15) is 0 Å². The monoisotopic (exact) mass is 322 g/mol. The van der Waals surface area contributed by atoms with Crippen LogP contribution in [0.2, 0.25) is 10.0 Å². The standard InChI is InChI=1S/C15H12Cl2N2O2/c1-7-4-8(2-3-10(7)16)21-13-6-12-9(5-11(13)17)14(18)15(20)19-12/h2-6,14H,18H2,1H3,(H,19,20). The molecule has 0 spiro atoms. The fraction of sp³-hybridized carbons (Fsp3) is 0.133. The molecule has 6 heteroatoms. The summed E-state index contributed by atoms with van der Waals surface area (Å²) in [5, 5.41) is 3.76. The van der Waals surface area contributed by atoms with Crippen molar-refractivity contribution in [1.29, 1.82) is 0 Å². The molecule has 3 N–H and O–H groups in total. The molecule has 3 rings (SSSR count). The summed E-state index contributed by atoms with van der Waals surface area (Å²) in [5.41, 5.74) is 7.97. The molecule has 1 heterocycles. The molecule has 0 fully saturated rings. The third kappa shape index (κ3) is 2.58. The molecule has 1 unspecified atom stereocenters. The lowest BCUT2D eigenvalue weighted by atomic mass is 10.1. The number of amides is 1. The Kier molecular flexibility index (Phi) is 3.53. The summed E-state index contributed by atoms with van der Waals surface area (Å²) in [7, 11) is 0. The van der Waals surface area contributed by atoms with Crippen LogP contribution in [0.1, 0.15) is 17.2 Å². The van der Waals surface area contributed by atoms with Crippen LogP contribution in [0.15, 0.2) is 30.3 Å². The molecule has 1 aliphatic heterocycles. The first-order chi connectivity index (χ1) is 9.95. The number of aryl methyl sites for hydroxylation is 1. The molecule has 0 bridgehead atoms. The van der Waals surface area contributed by atoms with E-state index in [1.165, 1.54) is 0 Å². The first-order valence-corrected chi connectivity index (χ1v) is 7.05. The lowest BCUT2D eigenvalue weighted by molar-refractivity contribution is -0.116. The van der Waals surface area contributed by atoms with Gasteiger partial charge in [-0.15, -0.1) is 0 Å². The van der Waals surface area contributed by atoms with Crippen LogP contribution in [0.25, 0.3) is 0 Å². The molecule has 108 valence electrons. The summed E-state index contributed by atoms with van der Waals surface area (Å²) >= 11 is 12.2. The number of anilines is 1. The fourth-order valence-electron chi connectivity index (χ4n) is 2.17. The van der Waals surface area contributed by atoms with Crippen LogP contribution in [-0.4, -0.2) is 5.91 Å². The summed E-state index contributed by atoms with van der Waals surface area (Å²) in [6.45, 7) is 1.89. The molecule has 0 aromatic heterocycles. The second-order valence-corrected chi connectivity index (χ2v) is 5.66. The molecule has 2 aromatic rings. The minimum atomic E-state index is -0.690. The number of carbonyl (C=O) groups is 1. The van der Waals surface area contributed by atoms with Crippen molar-refractivity contribution in [3.63, 3.8) is 0 Å². The molecule has 2 aromatic carbocycles. The van der Waals surface area contributed by atoms with Crippen molar-refractivity contribution >= 4 is 34.8 Å². The van der Waals surface area contributed by atoms with Gasteiger partial charge >= 0.3 is 0 Å². The molecule has 0 aliphatic carbocycles. The number of hydrogen-bond acceptors (Lipinski definition) is 3. The average molecular weight is 323 g/mol. The quantitative estimate of drug-likeness (QED) is 0.876. The summed E-state index contributed by atoms with van der Waals surface area (Å²) in [6.07, 6.45) is 0. The fourth-order valence-corrected chi connectivity index (χ4v) is 2.50. The average Bonchev–Trinajstić information content (AvgIpc) is 2.70. The summed E-state index contributed by atoms with van der Waals surface area (Å²) in [6, 6.07) is 7.96. The van der Waals surface area contributed by atoms with Crippen LogP contribution in [0.5, 0.6) is 11.5 Å². The highest BCUT2D eigenvalue weighted by atomic mass is 35.5. The first-order valence-electron chi connectivity index (χ1n) is 6.29. The Balaban J connectivity index is 1.95. The third-order valence-corrected chi connectivity index (χ3v) is 4.06. The van der Waals surface area contributed by atoms with Crippen molar-refractivity contribution in [2.24, 2.45) is 5.73 Å². The number of ether oxygens (including phenoxy) is 1. The molecule has 21 heavy (non-hydrogen) atoms. The van der Waals surface area contributed by atoms with Gasteiger partial charge in [0.25, 0.3) is 0 Å². The lowest BCUT2D eigenvalue weighted by Gasteiger charge is -2.11. The van der Waals surface area contributed by atoms with Gasteiger partial charge in [-0.25, -0.2) is 0 Å². The van der Waals surface area contributed by atoms with E-state index >= 15 is 0 Å². The van der Waals surface area contributed by atoms with E-state index in [9.17, 15) is 4.79 Å². The second kappa shape index (κ2) is 5.22. The molecular formula is C15H12Cl2N2O2. The van der Waals surface area contributed by atoms with E-state index in [1.807, 2.05) is 13.0 Å². The number of nitrogens with two attached hydrogens (primary N) is 1. The number of rotatable bonds is 2. The normalized spacial score (nSPS) is 16.6. The topological polar surface area (TPSA) is 64.3 Å². The highest BCUT2D eigenvalue weighted by Gasteiger charge is 2.28. The van der Waals surface area contributed by atoms with E-state index < -0.39 is 6.04 Å². The Labute approximate surface area is 131 Å². The molecule has 0 saturated heterocycles. The molecule has 1 aliphatic rings. The SMILES string of the molecule is Cc1cc(Oc2cc3c(cc2Cl)C(N)C(=O)N3)ccc1Cl. The zero-order valence-electron chi connectivity index (χ0n) is 11.1. The van der Waals surface area contributed by atoms with E-state index in [2.05, 4.69) is 5.32 Å². The molecule has 0 saturated carbocycles. The zero-order valence-corrected chi connectivity index (χ0v) is 12.6. The number of nitrogens with one attached hydrogen (secondary N) is 1. The predicted octanol–water partition coefficient (Wildman–Crippen LogP) is 4.05. The van der Waals surface area contributed by atoms with Crippen molar-refractivity contribution < 1.29 is 9.53 Å². The van der Waals surface area contributed by atoms with Crippen LogP contribution in [-0.2, 0) is 4.79 Å². The number of hydrogen-bond donors (Lipinski definition) is 2. The summed E-state index contributed by atoms with van der Waals surface area (Å²) in [4.78, 5) is 11.6. The Morgan fingerprint density at radius 2 is 1.95 bits per heavy atom. The number of benzene rings is 2. The number of fused-ring (bicyclic) bond motifs is 1. The zero-order chi connectivity index (χ0) is 15.1. The minimum Gasteiger partial charge on any atom is -0.456 e. The minimum absolute atomic E-state index is 0.249. The van der Waals surface area contributed by atoms with E-state index in [0.29, 0.717) is 32.8 Å². The molecule has 4 nitrogen and oxygen atoms in total. The summed E-state index contributed by atoms with van der Waals surface area (Å²) in [5.74, 6) is 0.819. The van der Waals surface area contributed by atoms with Crippen LogP contribution in [0.3, 0.4) is 0 Å². The molecular weight excluding hydrogens is 311 g/mol. The van der Waals surface area contributed by atoms with E-state index in [1.54, 1.807) is 24.3 Å². The Bertz CT molecular complexity index is 747. The van der Waals surface area contributed by atoms with Gasteiger partial charge in [-0.1, -0.05) is 23.2 Å². The first kappa shape index (κ1) is 14.2. The van der Waals surface area contributed by atoms with E-state index in [-0.39, 0.29) is 5.91 Å². The maximum Gasteiger partial charge on any atom is 0.245 e. The van der Waals surface area contributed by atoms with Crippen molar-refractivity contribution in [3.8, 4) is 11.5 Å². The predicted molar refractivity (Wildman–Crippen MR) is 83.3 cm³/mol. The van der Waals surface area contributed by atoms with Crippen LogP contribution in [0, 0.1) is 6.92 Å². The van der Waals surface area contributed by atoms with Crippen LogP contribution >= 0.6 is 23.2 Å². The molecule has 0 radical (unpaired) electrons. The third-order valence-electron chi connectivity index (χ3n) is 3.34. The van der Waals surface area contributed by atoms with E-state index in [0.717, 1.165) is 5.56 Å². The van der Waals surface area contributed by atoms with Crippen molar-refractivity contribution in [1.82, 2.24) is 0 Å². The van der Waals surface area contributed by atoms with Gasteiger partial charge in [0.2, 0.25) is 5.91 Å². The van der Waals surface area contributed by atoms with Gasteiger partial charge in [0, 0.05) is 22.3 Å². The van der Waals surface area contributed by atoms with Crippen molar-refractivity contribution in [2.45, 2.75) is 13.0 Å². The Morgan fingerprint density at radius 1 is 1.19 bits per heavy atom. The van der Waals surface area contributed by atoms with Gasteiger partial charge < -0.3 is 15.8 Å².